The number of ether oxygens (including phenoxy) is 1. The van der Waals surface area contributed by atoms with Crippen molar-refractivity contribution in [2.75, 3.05) is 0 Å². The molecule has 0 bridgehead atoms. The van der Waals surface area contributed by atoms with Crippen LogP contribution in [0.25, 0.3) is 11.1 Å². The number of aromatic nitrogens is 1. The van der Waals surface area contributed by atoms with Gasteiger partial charge in [0.2, 0.25) is 0 Å². The second kappa shape index (κ2) is 9.93. The van der Waals surface area contributed by atoms with Gasteiger partial charge in [0.25, 0.3) is 0 Å². The minimum absolute atomic E-state index is 0. The van der Waals surface area contributed by atoms with Gasteiger partial charge in [-0.05, 0) is 40.5 Å². The van der Waals surface area contributed by atoms with Crippen molar-refractivity contribution in [3.63, 3.8) is 0 Å². The van der Waals surface area contributed by atoms with Crippen LogP contribution in [0.5, 0.6) is 5.75 Å². The molecule has 2 aromatic carbocycles. The molecule has 126 valence electrons. The van der Waals surface area contributed by atoms with E-state index < -0.39 is 0 Å². The summed E-state index contributed by atoms with van der Waals surface area (Å²) in [6, 6.07) is 20.2. The number of pyridine rings is 1. The highest BCUT2D eigenvalue weighted by Gasteiger charge is 2.04. The fourth-order valence-electron chi connectivity index (χ4n) is 2.34. The summed E-state index contributed by atoms with van der Waals surface area (Å²) in [4.78, 5) is 4.12. The molecule has 1 heterocycles. The van der Waals surface area contributed by atoms with Crippen LogP contribution in [-0.4, -0.2) is 4.98 Å². The molecule has 0 saturated heterocycles. The largest absolute Gasteiger partial charge is 0.489 e. The third-order valence-corrected chi connectivity index (χ3v) is 3.54. The van der Waals surface area contributed by atoms with E-state index in [1.54, 1.807) is 6.20 Å². The molecule has 1 aromatic heterocycles. The molecular formula is C19H20Cl2N2O. The Morgan fingerprint density at radius 1 is 0.875 bits per heavy atom. The Labute approximate surface area is 154 Å². The summed E-state index contributed by atoms with van der Waals surface area (Å²) in [5.74, 6) is 0.857. The summed E-state index contributed by atoms with van der Waals surface area (Å²) in [6.07, 6.45) is 3.60. The van der Waals surface area contributed by atoms with Crippen LogP contribution in [-0.2, 0) is 13.2 Å². The summed E-state index contributed by atoms with van der Waals surface area (Å²) < 4.78 is 5.80. The quantitative estimate of drug-likeness (QED) is 0.719. The Balaban J connectivity index is 0.00000144. The van der Waals surface area contributed by atoms with Crippen molar-refractivity contribution in [3.05, 3.63) is 84.2 Å². The third kappa shape index (κ3) is 4.96. The van der Waals surface area contributed by atoms with Gasteiger partial charge in [0.15, 0.2) is 0 Å². The third-order valence-electron chi connectivity index (χ3n) is 3.54. The van der Waals surface area contributed by atoms with Gasteiger partial charge in [-0.15, -0.1) is 24.8 Å². The van der Waals surface area contributed by atoms with Gasteiger partial charge in [-0.25, -0.2) is 0 Å². The Hall–Kier alpha value is -2.07. The van der Waals surface area contributed by atoms with Gasteiger partial charge in [0.05, 0.1) is 0 Å². The molecule has 0 saturated carbocycles. The van der Waals surface area contributed by atoms with Gasteiger partial charge in [0, 0.05) is 18.9 Å². The fourth-order valence-corrected chi connectivity index (χ4v) is 2.34. The first kappa shape index (κ1) is 20.0. The molecule has 3 aromatic rings. The van der Waals surface area contributed by atoms with Crippen molar-refractivity contribution in [2.45, 2.75) is 13.2 Å². The zero-order valence-electron chi connectivity index (χ0n) is 13.1. The zero-order valence-corrected chi connectivity index (χ0v) is 14.7. The van der Waals surface area contributed by atoms with Crippen LogP contribution in [0.15, 0.2) is 73.1 Å². The van der Waals surface area contributed by atoms with E-state index in [2.05, 4.69) is 29.2 Å². The predicted octanol–water partition coefficient (Wildman–Crippen LogP) is 4.63. The van der Waals surface area contributed by atoms with Crippen LogP contribution in [0.4, 0.5) is 0 Å². The lowest BCUT2D eigenvalue weighted by atomic mass is 10.0. The maximum absolute atomic E-state index is 5.80. The highest BCUT2D eigenvalue weighted by Crippen LogP contribution is 2.25. The van der Waals surface area contributed by atoms with Crippen molar-refractivity contribution >= 4 is 24.8 Å². The molecule has 3 nitrogen and oxygen atoms in total. The van der Waals surface area contributed by atoms with Crippen LogP contribution in [0, 0.1) is 0 Å². The van der Waals surface area contributed by atoms with E-state index in [-0.39, 0.29) is 24.8 Å². The van der Waals surface area contributed by atoms with E-state index in [0.717, 1.165) is 28.0 Å². The Morgan fingerprint density at radius 3 is 2.25 bits per heavy atom. The minimum atomic E-state index is 0. The molecule has 0 fully saturated rings. The first-order chi connectivity index (χ1) is 10.9. The van der Waals surface area contributed by atoms with Gasteiger partial charge in [-0.3, -0.25) is 4.98 Å². The van der Waals surface area contributed by atoms with Crippen LogP contribution in [0.2, 0.25) is 0 Å². The summed E-state index contributed by atoms with van der Waals surface area (Å²) in [5, 5.41) is 0. The lowest BCUT2D eigenvalue weighted by Gasteiger charge is -2.09. The smallest absolute Gasteiger partial charge is 0.119 e. The topological polar surface area (TPSA) is 48.1 Å². The number of halogens is 2. The van der Waals surface area contributed by atoms with Crippen LogP contribution >= 0.6 is 24.8 Å². The summed E-state index contributed by atoms with van der Waals surface area (Å²) in [6.45, 7) is 1.05. The number of benzene rings is 2. The highest BCUT2D eigenvalue weighted by molar-refractivity contribution is 5.85. The molecule has 5 heteroatoms. The van der Waals surface area contributed by atoms with Crippen molar-refractivity contribution in [1.82, 2.24) is 4.98 Å². The van der Waals surface area contributed by atoms with E-state index in [1.165, 1.54) is 0 Å². The van der Waals surface area contributed by atoms with Crippen LogP contribution < -0.4 is 10.5 Å². The SMILES string of the molecule is Cl.Cl.NCc1cnccc1-c1ccc(OCc2ccccc2)cc1. The molecule has 0 amide bonds. The Bertz CT molecular complexity index is 734. The van der Waals surface area contributed by atoms with E-state index in [1.807, 2.05) is 42.6 Å². The Kier molecular flexibility index (Phi) is 8.27. The van der Waals surface area contributed by atoms with E-state index in [0.29, 0.717) is 13.2 Å². The molecule has 0 spiro atoms. The minimum Gasteiger partial charge on any atom is -0.489 e. The molecule has 0 aliphatic heterocycles. The lowest BCUT2D eigenvalue weighted by molar-refractivity contribution is 0.306. The van der Waals surface area contributed by atoms with E-state index in [9.17, 15) is 0 Å². The number of rotatable bonds is 5. The van der Waals surface area contributed by atoms with Gasteiger partial charge < -0.3 is 10.5 Å². The predicted molar refractivity (Wildman–Crippen MR) is 103 cm³/mol. The molecule has 0 aliphatic rings. The van der Waals surface area contributed by atoms with Gasteiger partial charge in [-0.1, -0.05) is 42.5 Å². The fraction of sp³-hybridized carbons (Fsp3) is 0.105. The van der Waals surface area contributed by atoms with Crippen molar-refractivity contribution in [3.8, 4) is 16.9 Å². The van der Waals surface area contributed by atoms with Crippen molar-refractivity contribution in [1.29, 1.82) is 0 Å². The average molecular weight is 363 g/mol. The molecule has 0 aliphatic carbocycles. The molecule has 2 N–H and O–H groups in total. The first-order valence-corrected chi connectivity index (χ1v) is 7.27. The number of hydrogen-bond donors (Lipinski definition) is 1. The van der Waals surface area contributed by atoms with Crippen molar-refractivity contribution in [2.24, 2.45) is 5.73 Å². The second-order valence-electron chi connectivity index (χ2n) is 5.04. The number of nitrogens with zero attached hydrogens (tertiary/aromatic N) is 1. The van der Waals surface area contributed by atoms with Gasteiger partial charge in [-0.2, -0.15) is 0 Å². The first-order valence-electron chi connectivity index (χ1n) is 7.27. The molecule has 0 radical (unpaired) electrons. The van der Waals surface area contributed by atoms with Crippen LogP contribution in [0.3, 0.4) is 0 Å². The van der Waals surface area contributed by atoms with E-state index in [4.69, 9.17) is 10.5 Å². The Morgan fingerprint density at radius 2 is 1.58 bits per heavy atom. The summed E-state index contributed by atoms with van der Waals surface area (Å²) in [5.41, 5.74) is 10.2. The zero-order chi connectivity index (χ0) is 15.2. The van der Waals surface area contributed by atoms with Gasteiger partial charge in [0.1, 0.15) is 12.4 Å². The highest BCUT2D eigenvalue weighted by atomic mass is 35.5. The molecule has 0 atom stereocenters. The molecular weight excluding hydrogens is 343 g/mol. The normalized spacial score (nSPS) is 9.54. The average Bonchev–Trinajstić information content (AvgIpc) is 2.61. The summed E-state index contributed by atoms with van der Waals surface area (Å²) in [7, 11) is 0. The second-order valence-corrected chi connectivity index (χ2v) is 5.04. The van der Waals surface area contributed by atoms with Crippen molar-refractivity contribution < 1.29 is 4.74 Å². The summed E-state index contributed by atoms with van der Waals surface area (Å²) >= 11 is 0. The maximum atomic E-state index is 5.80. The monoisotopic (exact) mass is 362 g/mol. The number of nitrogens with two attached hydrogens (primary N) is 1. The molecule has 24 heavy (non-hydrogen) atoms. The van der Waals surface area contributed by atoms with Crippen LogP contribution in [0.1, 0.15) is 11.1 Å². The van der Waals surface area contributed by atoms with E-state index >= 15 is 0 Å². The molecule has 0 unspecified atom stereocenters. The molecule has 3 rings (SSSR count). The standard InChI is InChI=1S/C19H18N2O.2ClH/c20-12-17-13-21-11-10-19(17)16-6-8-18(9-7-16)22-14-15-4-2-1-3-5-15;;/h1-11,13H,12,14,20H2;2*1H. The maximum Gasteiger partial charge on any atom is 0.119 e. The van der Waals surface area contributed by atoms with Gasteiger partial charge >= 0.3 is 0 Å². The lowest BCUT2D eigenvalue weighted by Crippen LogP contribution is -1.99. The number of hydrogen-bond acceptors (Lipinski definition) is 3.